The van der Waals surface area contributed by atoms with Crippen LogP contribution in [0.1, 0.15) is 35.2 Å². The molecule has 7 heteroatoms. The molecule has 4 rings (SSSR count). The van der Waals surface area contributed by atoms with E-state index >= 15 is 0 Å². The van der Waals surface area contributed by atoms with Crippen LogP contribution in [-0.2, 0) is 0 Å². The number of amides is 1. The number of hydrogen-bond acceptors (Lipinski definition) is 4. The average Bonchev–Trinajstić information content (AvgIpc) is 3.34. The summed E-state index contributed by atoms with van der Waals surface area (Å²) in [6.07, 6.45) is 3.37. The summed E-state index contributed by atoms with van der Waals surface area (Å²) >= 11 is 1.40. The van der Waals surface area contributed by atoms with Gasteiger partial charge >= 0.3 is 0 Å². The predicted molar refractivity (Wildman–Crippen MR) is 89.1 cm³/mol. The van der Waals surface area contributed by atoms with Crippen LogP contribution in [0.5, 0.6) is 0 Å². The molecule has 1 aliphatic rings. The molecular weight excluding hydrogens is 327 g/mol. The number of carbonyl (C=O) groups is 1. The standard InChI is InChI=1S/C17H15FN4OS/c18-12-5-2-1-4-11(12)13-8-19-16(21-13)15-6-3-7-22(15)17(23)14-9-24-10-20-14/h1-2,4-5,8-10,15H,3,6-7H2,(H,19,21)/t15-/m0/s1. The minimum atomic E-state index is -0.297. The lowest BCUT2D eigenvalue weighted by Crippen LogP contribution is -2.31. The Hall–Kier alpha value is -2.54. The number of aromatic nitrogens is 3. The molecule has 1 N–H and O–H groups in total. The van der Waals surface area contributed by atoms with Crippen molar-refractivity contribution in [3.05, 3.63) is 58.7 Å². The Labute approximate surface area is 142 Å². The van der Waals surface area contributed by atoms with Crippen LogP contribution in [0.2, 0.25) is 0 Å². The summed E-state index contributed by atoms with van der Waals surface area (Å²) in [4.78, 5) is 26.1. The van der Waals surface area contributed by atoms with E-state index in [1.807, 2.05) is 0 Å². The number of thiazole rings is 1. The topological polar surface area (TPSA) is 61.9 Å². The van der Waals surface area contributed by atoms with Gasteiger partial charge in [0.25, 0.3) is 5.91 Å². The zero-order valence-electron chi connectivity index (χ0n) is 12.8. The second kappa shape index (κ2) is 6.16. The summed E-state index contributed by atoms with van der Waals surface area (Å²) in [6.45, 7) is 0.677. The fourth-order valence-electron chi connectivity index (χ4n) is 3.08. The van der Waals surface area contributed by atoms with Crippen molar-refractivity contribution in [2.45, 2.75) is 18.9 Å². The smallest absolute Gasteiger partial charge is 0.273 e. The van der Waals surface area contributed by atoms with Crippen molar-refractivity contribution in [2.24, 2.45) is 0 Å². The molecule has 0 spiro atoms. The molecule has 2 aromatic heterocycles. The van der Waals surface area contributed by atoms with Crippen LogP contribution in [0.4, 0.5) is 4.39 Å². The molecule has 5 nitrogen and oxygen atoms in total. The van der Waals surface area contributed by atoms with Crippen LogP contribution < -0.4 is 0 Å². The molecule has 3 aromatic rings. The summed E-state index contributed by atoms with van der Waals surface area (Å²) in [7, 11) is 0. The summed E-state index contributed by atoms with van der Waals surface area (Å²) < 4.78 is 13.9. The van der Waals surface area contributed by atoms with E-state index in [0.717, 1.165) is 12.8 Å². The molecule has 0 aliphatic carbocycles. The Morgan fingerprint density at radius 2 is 2.21 bits per heavy atom. The van der Waals surface area contributed by atoms with Gasteiger partial charge in [0.1, 0.15) is 17.3 Å². The number of aromatic amines is 1. The van der Waals surface area contributed by atoms with Gasteiger partial charge in [0.05, 0.1) is 23.4 Å². The van der Waals surface area contributed by atoms with Crippen molar-refractivity contribution in [2.75, 3.05) is 6.54 Å². The largest absolute Gasteiger partial charge is 0.340 e. The molecule has 24 heavy (non-hydrogen) atoms. The Bertz CT molecular complexity index is 861. The molecule has 3 heterocycles. The molecule has 1 atom stereocenters. The molecule has 1 aliphatic heterocycles. The number of hydrogen-bond donors (Lipinski definition) is 1. The van der Waals surface area contributed by atoms with Crippen molar-refractivity contribution >= 4 is 17.2 Å². The minimum Gasteiger partial charge on any atom is -0.340 e. The zero-order chi connectivity index (χ0) is 16.5. The summed E-state index contributed by atoms with van der Waals surface area (Å²) in [6, 6.07) is 6.44. The highest BCUT2D eigenvalue weighted by atomic mass is 32.1. The second-order valence-corrected chi connectivity index (χ2v) is 6.41. The van der Waals surface area contributed by atoms with Crippen LogP contribution >= 0.6 is 11.3 Å². The van der Waals surface area contributed by atoms with Crippen molar-refractivity contribution in [3.8, 4) is 11.3 Å². The van der Waals surface area contributed by atoms with Gasteiger partial charge in [-0.1, -0.05) is 12.1 Å². The SMILES string of the molecule is O=C(c1cscn1)N1CCC[C@H]1c1ncc(-c2ccccc2F)[nH]1. The van der Waals surface area contributed by atoms with Crippen molar-refractivity contribution in [3.63, 3.8) is 0 Å². The van der Waals surface area contributed by atoms with Crippen LogP contribution in [0.25, 0.3) is 11.3 Å². The van der Waals surface area contributed by atoms with E-state index in [-0.39, 0.29) is 17.8 Å². The van der Waals surface area contributed by atoms with Gasteiger partial charge in [0.2, 0.25) is 0 Å². The Morgan fingerprint density at radius 1 is 1.33 bits per heavy atom. The third-order valence-corrected chi connectivity index (χ3v) is 4.83. The van der Waals surface area contributed by atoms with E-state index in [1.165, 1.54) is 17.4 Å². The van der Waals surface area contributed by atoms with Gasteiger partial charge in [-0.3, -0.25) is 4.79 Å². The lowest BCUT2D eigenvalue weighted by Gasteiger charge is -2.22. The molecule has 0 saturated carbocycles. The lowest BCUT2D eigenvalue weighted by molar-refractivity contribution is 0.0725. The maximum atomic E-state index is 13.9. The number of imidazole rings is 1. The first-order chi connectivity index (χ1) is 11.7. The highest BCUT2D eigenvalue weighted by Crippen LogP contribution is 2.33. The molecule has 122 valence electrons. The van der Waals surface area contributed by atoms with Crippen molar-refractivity contribution in [1.29, 1.82) is 0 Å². The summed E-state index contributed by atoms with van der Waals surface area (Å²) in [5.41, 5.74) is 3.22. The molecule has 1 fully saturated rings. The molecule has 0 radical (unpaired) electrons. The lowest BCUT2D eigenvalue weighted by atomic mass is 10.1. The first-order valence-electron chi connectivity index (χ1n) is 7.73. The van der Waals surface area contributed by atoms with E-state index in [9.17, 15) is 9.18 Å². The maximum absolute atomic E-state index is 13.9. The third kappa shape index (κ3) is 2.60. The predicted octanol–water partition coefficient (Wildman–Crippen LogP) is 3.65. The van der Waals surface area contributed by atoms with Gasteiger partial charge in [0.15, 0.2) is 0 Å². The van der Waals surface area contributed by atoms with Crippen molar-refractivity contribution in [1.82, 2.24) is 19.9 Å². The molecule has 0 unspecified atom stereocenters. The average molecular weight is 342 g/mol. The number of likely N-dealkylation sites (tertiary alicyclic amines) is 1. The van der Waals surface area contributed by atoms with Gasteiger partial charge in [0, 0.05) is 17.5 Å². The highest BCUT2D eigenvalue weighted by molar-refractivity contribution is 7.07. The third-order valence-electron chi connectivity index (χ3n) is 4.24. The first-order valence-corrected chi connectivity index (χ1v) is 8.67. The van der Waals surface area contributed by atoms with Gasteiger partial charge in [-0.15, -0.1) is 11.3 Å². The summed E-state index contributed by atoms with van der Waals surface area (Å²) in [5, 5.41) is 1.75. The normalized spacial score (nSPS) is 17.4. The number of benzene rings is 1. The van der Waals surface area contributed by atoms with Gasteiger partial charge < -0.3 is 9.88 Å². The van der Waals surface area contributed by atoms with E-state index < -0.39 is 0 Å². The number of halogens is 1. The van der Waals surface area contributed by atoms with E-state index in [4.69, 9.17) is 0 Å². The van der Waals surface area contributed by atoms with Gasteiger partial charge in [-0.05, 0) is 25.0 Å². The second-order valence-electron chi connectivity index (χ2n) is 5.69. The number of nitrogens with zero attached hydrogens (tertiary/aromatic N) is 3. The van der Waals surface area contributed by atoms with Gasteiger partial charge in [-0.2, -0.15) is 0 Å². The molecular formula is C17H15FN4OS. The zero-order valence-corrected chi connectivity index (χ0v) is 13.6. The monoisotopic (exact) mass is 342 g/mol. The number of carbonyl (C=O) groups excluding carboxylic acids is 1. The first kappa shape index (κ1) is 15.0. The highest BCUT2D eigenvalue weighted by Gasteiger charge is 2.33. The van der Waals surface area contributed by atoms with E-state index in [1.54, 1.807) is 40.2 Å². The fraction of sp³-hybridized carbons (Fsp3) is 0.235. The van der Waals surface area contributed by atoms with Gasteiger partial charge in [-0.25, -0.2) is 14.4 Å². The Morgan fingerprint density at radius 3 is 3.00 bits per heavy atom. The Balaban J connectivity index is 1.62. The van der Waals surface area contributed by atoms with Crippen LogP contribution in [0.15, 0.2) is 41.4 Å². The molecule has 0 bridgehead atoms. The number of H-pyrrole nitrogens is 1. The minimum absolute atomic E-state index is 0.0809. The van der Waals surface area contributed by atoms with E-state index in [0.29, 0.717) is 29.3 Å². The van der Waals surface area contributed by atoms with Crippen LogP contribution in [-0.4, -0.2) is 32.3 Å². The quantitative estimate of drug-likeness (QED) is 0.790. The Kier molecular flexibility index (Phi) is 3.86. The summed E-state index contributed by atoms with van der Waals surface area (Å²) in [5.74, 6) is 0.312. The maximum Gasteiger partial charge on any atom is 0.273 e. The van der Waals surface area contributed by atoms with Crippen LogP contribution in [0, 0.1) is 5.82 Å². The number of rotatable bonds is 3. The van der Waals surface area contributed by atoms with E-state index in [2.05, 4.69) is 15.0 Å². The van der Waals surface area contributed by atoms with Crippen LogP contribution in [0.3, 0.4) is 0 Å². The fourth-order valence-corrected chi connectivity index (χ4v) is 3.61. The molecule has 1 saturated heterocycles. The molecule has 1 aromatic carbocycles. The molecule has 1 amide bonds. The number of nitrogens with one attached hydrogen (secondary N) is 1. The van der Waals surface area contributed by atoms with Crippen molar-refractivity contribution < 1.29 is 9.18 Å².